The molecule has 3 atom stereocenters. The molecule has 0 amide bonds. The second kappa shape index (κ2) is 7.69. The molecular weight excluding hydrogens is 401 g/mol. The molecule has 1 spiro atoms. The Morgan fingerprint density at radius 3 is 2.84 bits per heavy atom. The molecule has 164 valence electrons. The first-order valence-corrected chi connectivity index (χ1v) is 10.5. The van der Waals surface area contributed by atoms with E-state index in [1.54, 1.807) is 26.3 Å². The fourth-order valence-electron chi connectivity index (χ4n) is 4.61. The highest BCUT2D eigenvalue weighted by atomic mass is 19.1. The number of nitrogens with zero attached hydrogens (tertiary/aromatic N) is 2. The maximum absolute atomic E-state index is 14.6. The third-order valence-corrected chi connectivity index (χ3v) is 6.27. The smallest absolute Gasteiger partial charge is 0.221 e. The number of methoxy groups -OCH3 is 1. The third-order valence-electron chi connectivity index (χ3n) is 6.27. The summed E-state index contributed by atoms with van der Waals surface area (Å²) in [7, 11) is 3.29. The fourth-order valence-corrected chi connectivity index (χ4v) is 4.61. The molecule has 8 heteroatoms. The number of fused-ring (bicyclic) bond motifs is 2. The van der Waals surface area contributed by atoms with Crippen LogP contribution in [0, 0.1) is 11.7 Å². The third kappa shape index (κ3) is 3.49. The van der Waals surface area contributed by atoms with Crippen LogP contribution in [0.2, 0.25) is 0 Å². The van der Waals surface area contributed by atoms with Crippen molar-refractivity contribution in [3.63, 3.8) is 0 Å². The Morgan fingerprint density at radius 1 is 1.26 bits per heavy atom. The van der Waals surface area contributed by atoms with Crippen LogP contribution in [-0.2, 0) is 15.3 Å². The molecule has 3 heterocycles. The number of aliphatic imine (C=N–C) groups is 1. The van der Waals surface area contributed by atoms with E-state index in [4.69, 9.17) is 29.8 Å². The number of guanidine groups is 1. The van der Waals surface area contributed by atoms with Crippen LogP contribution < -0.4 is 15.2 Å². The normalized spacial score (nSPS) is 27.6. The highest BCUT2D eigenvalue weighted by molar-refractivity contribution is 5.79. The van der Waals surface area contributed by atoms with E-state index in [0.717, 1.165) is 25.0 Å². The van der Waals surface area contributed by atoms with Gasteiger partial charge < -0.3 is 19.9 Å². The number of benzene rings is 2. The van der Waals surface area contributed by atoms with Crippen LogP contribution in [-0.4, -0.2) is 44.5 Å². The van der Waals surface area contributed by atoms with Crippen LogP contribution in [0.15, 0.2) is 41.4 Å². The second-order valence-electron chi connectivity index (χ2n) is 8.24. The number of hydrogen-bond donors (Lipinski definition) is 1. The molecule has 7 nitrogen and oxygen atoms in total. The minimum atomic E-state index is -1.01. The molecule has 31 heavy (non-hydrogen) atoms. The van der Waals surface area contributed by atoms with Gasteiger partial charge in [0.1, 0.15) is 23.4 Å². The van der Waals surface area contributed by atoms with E-state index in [2.05, 4.69) is 0 Å². The molecular formula is C23H26FN3O4. The van der Waals surface area contributed by atoms with E-state index in [9.17, 15) is 4.39 Å². The summed E-state index contributed by atoms with van der Waals surface area (Å²) >= 11 is 0. The summed E-state index contributed by atoms with van der Waals surface area (Å²) in [5, 5.41) is 1.47. The van der Waals surface area contributed by atoms with Gasteiger partial charge in [-0.1, -0.05) is 6.07 Å². The lowest BCUT2D eigenvalue weighted by atomic mass is 9.84. The fraction of sp³-hybridized carbons (Fsp3) is 0.435. The molecule has 1 saturated heterocycles. The average molecular weight is 427 g/mol. The number of halogens is 1. The molecule has 2 aromatic carbocycles. The van der Waals surface area contributed by atoms with Gasteiger partial charge in [0.15, 0.2) is 0 Å². The SMILES string of the molecule is COc1ccc(F)c(-c2ccc3c(c2)C2(CC(C4CCCOC4)O3)N=C(N)N(C)O2)c1. The summed E-state index contributed by atoms with van der Waals surface area (Å²) in [5.74, 6) is 1.46. The topological polar surface area (TPSA) is 78.5 Å². The van der Waals surface area contributed by atoms with Gasteiger partial charge in [-0.15, -0.1) is 0 Å². The Morgan fingerprint density at radius 2 is 2.13 bits per heavy atom. The summed E-state index contributed by atoms with van der Waals surface area (Å²) in [6.07, 6.45) is 2.42. The van der Waals surface area contributed by atoms with Crippen molar-refractivity contribution in [2.45, 2.75) is 31.1 Å². The van der Waals surface area contributed by atoms with E-state index in [1.807, 2.05) is 18.2 Å². The molecule has 3 aliphatic heterocycles. The predicted octanol–water partition coefficient (Wildman–Crippen LogP) is 3.42. The van der Waals surface area contributed by atoms with Gasteiger partial charge in [-0.3, -0.25) is 0 Å². The predicted molar refractivity (Wildman–Crippen MR) is 113 cm³/mol. The first-order chi connectivity index (χ1) is 15.0. The number of nitrogens with two attached hydrogens (primary N) is 1. The molecule has 3 aliphatic rings. The van der Waals surface area contributed by atoms with Crippen molar-refractivity contribution in [1.29, 1.82) is 0 Å². The van der Waals surface area contributed by atoms with E-state index in [-0.39, 0.29) is 17.8 Å². The van der Waals surface area contributed by atoms with Crippen molar-refractivity contribution >= 4 is 5.96 Å². The average Bonchev–Trinajstić information content (AvgIpc) is 3.08. The Balaban J connectivity index is 1.59. The first kappa shape index (κ1) is 20.1. The van der Waals surface area contributed by atoms with Gasteiger partial charge >= 0.3 is 0 Å². The summed E-state index contributed by atoms with van der Waals surface area (Å²) < 4.78 is 32.0. The Labute approximate surface area is 180 Å². The standard InChI is InChI=1S/C23H26FN3O4/c1-27-22(25)26-23(31-27)12-21(15-4-3-9-29-13-15)30-20-8-5-14(10-18(20)23)17-11-16(28-2)6-7-19(17)24/h5-8,10-11,15,21H,3-4,9,12-13H2,1-2H3,(H2,25,26). The van der Waals surface area contributed by atoms with Gasteiger partial charge in [-0.2, -0.15) is 0 Å². The number of hydrogen-bond acceptors (Lipinski definition) is 7. The van der Waals surface area contributed by atoms with Crippen LogP contribution >= 0.6 is 0 Å². The van der Waals surface area contributed by atoms with Gasteiger partial charge in [-0.25, -0.2) is 19.3 Å². The van der Waals surface area contributed by atoms with Gasteiger partial charge in [-0.05, 0) is 48.7 Å². The lowest BCUT2D eigenvalue weighted by molar-refractivity contribution is -0.196. The van der Waals surface area contributed by atoms with Crippen molar-refractivity contribution in [2.24, 2.45) is 16.6 Å². The van der Waals surface area contributed by atoms with Crippen LogP contribution in [0.4, 0.5) is 4.39 Å². The Kier molecular flexibility index (Phi) is 4.98. The number of hydroxylamine groups is 2. The van der Waals surface area contributed by atoms with E-state index in [1.165, 1.54) is 11.1 Å². The largest absolute Gasteiger partial charge is 0.497 e. The van der Waals surface area contributed by atoms with Crippen LogP contribution in [0.3, 0.4) is 0 Å². The minimum absolute atomic E-state index is 0.116. The highest BCUT2D eigenvalue weighted by Crippen LogP contribution is 2.49. The van der Waals surface area contributed by atoms with Crippen molar-refractivity contribution in [2.75, 3.05) is 27.4 Å². The van der Waals surface area contributed by atoms with Crippen molar-refractivity contribution in [1.82, 2.24) is 5.06 Å². The summed E-state index contributed by atoms with van der Waals surface area (Å²) in [5.41, 5.74) is 6.92. The zero-order valence-corrected chi connectivity index (χ0v) is 17.6. The summed E-state index contributed by atoms with van der Waals surface area (Å²) in [6, 6.07) is 10.2. The zero-order chi connectivity index (χ0) is 21.6. The molecule has 2 aromatic rings. The summed E-state index contributed by atoms with van der Waals surface area (Å²) in [6.45, 7) is 1.43. The van der Waals surface area contributed by atoms with Gasteiger partial charge in [0, 0.05) is 31.6 Å². The lowest BCUT2D eigenvalue weighted by Crippen LogP contribution is -2.44. The van der Waals surface area contributed by atoms with Crippen LogP contribution in [0.25, 0.3) is 11.1 Å². The number of rotatable bonds is 3. The molecule has 0 radical (unpaired) electrons. The van der Waals surface area contributed by atoms with Crippen LogP contribution in [0.1, 0.15) is 24.8 Å². The lowest BCUT2D eigenvalue weighted by Gasteiger charge is -2.41. The first-order valence-electron chi connectivity index (χ1n) is 10.5. The zero-order valence-electron chi connectivity index (χ0n) is 17.6. The molecule has 2 N–H and O–H groups in total. The van der Waals surface area contributed by atoms with Gasteiger partial charge in [0.2, 0.25) is 11.7 Å². The molecule has 3 unspecified atom stereocenters. The van der Waals surface area contributed by atoms with Gasteiger partial charge in [0.05, 0.1) is 19.3 Å². The molecule has 5 rings (SSSR count). The van der Waals surface area contributed by atoms with Crippen molar-refractivity contribution < 1.29 is 23.4 Å². The van der Waals surface area contributed by atoms with E-state index in [0.29, 0.717) is 41.6 Å². The molecule has 1 fully saturated rings. The van der Waals surface area contributed by atoms with E-state index >= 15 is 0 Å². The second-order valence-corrected chi connectivity index (χ2v) is 8.24. The maximum Gasteiger partial charge on any atom is 0.221 e. The van der Waals surface area contributed by atoms with Crippen molar-refractivity contribution in [3.05, 3.63) is 47.8 Å². The van der Waals surface area contributed by atoms with E-state index < -0.39 is 5.72 Å². The Bertz CT molecular complexity index is 1020. The quantitative estimate of drug-likeness (QED) is 0.809. The highest BCUT2D eigenvalue weighted by Gasteiger charge is 2.50. The molecule has 0 aliphatic carbocycles. The minimum Gasteiger partial charge on any atom is -0.497 e. The van der Waals surface area contributed by atoms with Crippen molar-refractivity contribution in [3.8, 4) is 22.6 Å². The Hall–Kier alpha value is -2.84. The summed E-state index contributed by atoms with van der Waals surface area (Å²) in [4.78, 5) is 10.9. The molecule has 0 bridgehead atoms. The molecule has 0 saturated carbocycles. The van der Waals surface area contributed by atoms with Crippen LogP contribution in [0.5, 0.6) is 11.5 Å². The maximum atomic E-state index is 14.6. The number of ether oxygens (including phenoxy) is 3. The molecule has 0 aromatic heterocycles. The van der Waals surface area contributed by atoms with Gasteiger partial charge in [0.25, 0.3) is 0 Å². The monoisotopic (exact) mass is 427 g/mol.